The van der Waals surface area contributed by atoms with Gasteiger partial charge in [0.05, 0.1) is 6.04 Å². The van der Waals surface area contributed by atoms with Crippen molar-refractivity contribution in [2.45, 2.75) is 40.2 Å². The molecule has 0 radical (unpaired) electrons. The molecule has 1 rings (SSSR count). The molecule has 1 amide bonds. The molecule has 0 spiro atoms. The maximum absolute atomic E-state index is 12.3. The Morgan fingerprint density at radius 3 is 2.50 bits per heavy atom. The van der Waals surface area contributed by atoms with Crippen LogP contribution in [0.1, 0.15) is 31.4 Å². The first-order chi connectivity index (χ1) is 8.38. The number of benzene rings is 1. The number of carbonyl (C=O) groups is 1. The molecule has 3 heteroatoms. The molecule has 0 heterocycles. The minimum atomic E-state index is -0.430. The predicted octanol–water partition coefficient (Wildman–Crippen LogP) is 2.64. The van der Waals surface area contributed by atoms with Gasteiger partial charge in [-0.3, -0.25) is 4.79 Å². The molecule has 0 bridgehead atoms. The van der Waals surface area contributed by atoms with Gasteiger partial charge < -0.3 is 10.6 Å². The van der Waals surface area contributed by atoms with Crippen LogP contribution in [0.15, 0.2) is 18.2 Å². The lowest BCUT2D eigenvalue weighted by Gasteiger charge is -2.26. The molecule has 100 valence electrons. The summed E-state index contributed by atoms with van der Waals surface area (Å²) in [7, 11) is 1.79. The van der Waals surface area contributed by atoms with Crippen molar-refractivity contribution < 1.29 is 4.79 Å². The Kier molecular flexibility index (Phi) is 4.91. The Balaban J connectivity index is 2.93. The Labute approximate surface area is 110 Å². The summed E-state index contributed by atoms with van der Waals surface area (Å²) in [6, 6.07) is 5.64. The lowest BCUT2D eigenvalue weighted by Crippen LogP contribution is -2.45. The average Bonchev–Trinajstić information content (AvgIpc) is 2.35. The number of nitrogens with two attached hydrogens (primary N) is 1. The van der Waals surface area contributed by atoms with Crippen LogP contribution in [0.25, 0.3) is 0 Å². The van der Waals surface area contributed by atoms with E-state index in [1.165, 1.54) is 5.56 Å². The number of nitrogens with zero attached hydrogens (tertiary/aromatic N) is 1. The van der Waals surface area contributed by atoms with E-state index in [-0.39, 0.29) is 11.8 Å². The highest BCUT2D eigenvalue weighted by atomic mass is 16.2. The van der Waals surface area contributed by atoms with Crippen LogP contribution in [0.5, 0.6) is 0 Å². The van der Waals surface area contributed by atoms with Gasteiger partial charge >= 0.3 is 0 Å². The first-order valence-electron chi connectivity index (χ1n) is 6.48. The molecule has 1 aromatic rings. The van der Waals surface area contributed by atoms with Gasteiger partial charge in [0.1, 0.15) is 0 Å². The van der Waals surface area contributed by atoms with Crippen molar-refractivity contribution in [3.8, 4) is 0 Å². The molecule has 1 unspecified atom stereocenters. The Morgan fingerprint density at radius 2 is 2.00 bits per heavy atom. The Hall–Kier alpha value is -1.35. The van der Waals surface area contributed by atoms with Crippen LogP contribution in [0.2, 0.25) is 0 Å². The number of anilines is 1. The van der Waals surface area contributed by atoms with Crippen molar-refractivity contribution in [3.63, 3.8) is 0 Å². The first kappa shape index (κ1) is 14.7. The van der Waals surface area contributed by atoms with Gasteiger partial charge in [0.15, 0.2) is 0 Å². The molecule has 0 aliphatic rings. The topological polar surface area (TPSA) is 46.3 Å². The maximum Gasteiger partial charge on any atom is 0.243 e. The zero-order chi connectivity index (χ0) is 13.9. The van der Waals surface area contributed by atoms with E-state index < -0.39 is 6.04 Å². The predicted molar refractivity (Wildman–Crippen MR) is 76.8 cm³/mol. The Bertz CT molecular complexity index is 429. The van der Waals surface area contributed by atoms with E-state index in [9.17, 15) is 4.79 Å². The summed E-state index contributed by atoms with van der Waals surface area (Å²) in [5, 5.41) is 0. The summed E-state index contributed by atoms with van der Waals surface area (Å²) in [5.41, 5.74) is 9.23. The van der Waals surface area contributed by atoms with Crippen LogP contribution < -0.4 is 10.6 Å². The smallest absolute Gasteiger partial charge is 0.243 e. The zero-order valence-corrected chi connectivity index (χ0v) is 12.0. The van der Waals surface area contributed by atoms with Crippen molar-refractivity contribution in [1.82, 2.24) is 0 Å². The van der Waals surface area contributed by atoms with E-state index in [4.69, 9.17) is 5.73 Å². The van der Waals surface area contributed by atoms with Gasteiger partial charge in [-0.05, 0) is 31.4 Å². The van der Waals surface area contributed by atoms with Gasteiger partial charge in [-0.2, -0.15) is 0 Å². The summed E-state index contributed by atoms with van der Waals surface area (Å²) < 4.78 is 0. The minimum Gasteiger partial charge on any atom is -0.320 e. The number of carbonyl (C=O) groups excluding carboxylic acids is 1. The quantitative estimate of drug-likeness (QED) is 0.890. The van der Waals surface area contributed by atoms with Crippen LogP contribution in [0, 0.1) is 19.8 Å². The van der Waals surface area contributed by atoms with Crippen LogP contribution in [0.3, 0.4) is 0 Å². The van der Waals surface area contributed by atoms with Gasteiger partial charge in [-0.25, -0.2) is 0 Å². The summed E-state index contributed by atoms with van der Waals surface area (Å²) in [6.07, 6.45) is 0.910. The van der Waals surface area contributed by atoms with Gasteiger partial charge in [-0.15, -0.1) is 0 Å². The Morgan fingerprint density at radius 1 is 1.39 bits per heavy atom. The summed E-state index contributed by atoms with van der Waals surface area (Å²) in [4.78, 5) is 14.0. The van der Waals surface area contributed by atoms with Gasteiger partial charge in [0, 0.05) is 12.7 Å². The number of aryl methyl sites for hydroxylation is 2. The summed E-state index contributed by atoms with van der Waals surface area (Å²) in [5.74, 6) is 0.182. The van der Waals surface area contributed by atoms with Crippen LogP contribution in [-0.2, 0) is 4.79 Å². The van der Waals surface area contributed by atoms with E-state index >= 15 is 0 Å². The second kappa shape index (κ2) is 6.01. The average molecular weight is 248 g/mol. The fraction of sp³-hybridized carbons (Fsp3) is 0.533. The van der Waals surface area contributed by atoms with Gasteiger partial charge in [0.2, 0.25) is 5.91 Å². The molecule has 0 saturated heterocycles. The molecule has 3 nitrogen and oxygen atoms in total. The van der Waals surface area contributed by atoms with Crippen LogP contribution in [0.4, 0.5) is 5.69 Å². The zero-order valence-electron chi connectivity index (χ0n) is 12.0. The lowest BCUT2D eigenvalue weighted by molar-refractivity contribution is -0.120. The number of hydrogen-bond donors (Lipinski definition) is 1. The molecule has 0 saturated carbocycles. The number of hydrogen-bond acceptors (Lipinski definition) is 2. The lowest BCUT2D eigenvalue weighted by atomic mass is 9.98. The molecule has 2 atom stereocenters. The third kappa shape index (κ3) is 3.10. The van der Waals surface area contributed by atoms with Gasteiger partial charge in [0.25, 0.3) is 0 Å². The van der Waals surface area contributed by atoms with Crippen molar-refractivity contribution in [1.29, 1.82) is 0 Å². The SMILES string of the molecule is CCC(C)[C@H](N)C(=O)N(C)c1ccc(C)cc1C. The van der Waals surface area contributed by atoms with Crippen molar-refractivity contribution >= 4 is 11.6 Å². The van der Waals surface area contributed by atoms with E-state index in [0.717, 1.165) is 17.7 Å². The largest absolute Gasteiger partial charge is 0.320 e. The maximum atomic E-state index is 12.3. The van der Waals surface area contributed by atoms with E-state index in [2.05, 4.69) is 13.0 Å². The third-order valence-corrected chi connectivity index (χ3v) is 3.59. The van der Waals surface area contributed by atoms with Gasteiger partial charge in [-0.1, -0.05) is 38.0 Å². The molecule has 1 aromatic carbocycles. The van der Waals surface area contributed by atoms with E-state index in [1.54, 1.807) is 11.9 Å². The van der Waals surface area contributed by atoms with E-state index in [0.29, 0.717) is 0 Å². The molecule has 0 fully saturated rings. The molecule has 0 aromatic heterocycles. The molecular weight excluding hydrogens is 224 g/mol. The minimum absolute atomic E-state index is 0.0173. The first-order valence-corrected chi connectivity index (χ1v) is 6.48. The number of rotatable bonds is 4. The van der Waals surface area contributed by atoms with Crippen molar-refractivity contribution in [3.05, 3.63) is 29.3 Å². The van der Waals surface area contributed by atoms with Crippen LogP contribution in [-0.4, -0.2) is 19.0 Å². The molecule has 18 heavy (non-hydrogen) atoms. The fourth-order valence-corrected chi connectivity index (χ4v) is 2.02. The second-order valence-electron chi connectivity index (χ2n) is 5.10. The van der Waals surface area contributed by atoms with Crippen molar-refractivity contribution in [2.75, 3.05) is 11.9 Å². The highest BCUT2D eigenvalue weighted by Crippen LogP contribution is 2.21. The fourth-order valence-electron chi connectivity index (χ4n) is 2.02. The second-order valence-corrected chi connectivity index (χ2v) is 5.10. The summed E-state index contributed by atoms with van der Waals surface area (Å²) >= 11 is 0. The van der Waals surface area contributed by atoms with E-state index in [1.807, 2.05) is 32.9 Å². The number of likely N-dealkylation sites (N-methyl/N-ethyl adjacent to an activating group) is 1. The number of amides is 1. The molecule has 0 aliphatic carbocycles. The van der Waals surface area contributed by atoms with Crippen LogP contribution >= 0.6 is 0 Å². The molecular formula is C15H24N2O. The molecule has 2 N–H and O–H groups in total. The molecule has 0 aliphatic heterocycles. The highest BCUT2D eigenvalue weighted by Gasteiger charge is 2.24. The standard InChI is InChI=1S/C15H24N2O/c1-6-11(3)14(16)15(18)17(5)13-8-7-10(2)9-12(13)4/h7-9,11,14H,6,16H2,1-5H3/t11?,14-/m0/s1. The monoisotopic (exact) mass is 248 g/mol. The highest BCUT2D eigenvalue weighted by molar-refractivity contribution is 5.97. The third-order valence-electron chi connectivity index (χ3n) is 3.59. The normalized spacial score (nSPS) is 14.1. The summed E-state index contributed by atoms with van der Waals surface area (Å²) in [6.45, 7) is 8.12. The van der Waals surface area contributed by atoms with Crippen molar-refractivity contribution in [2.24, 2.45) is 11.7 Å².